The molecule has 16 heavy (non-hydrogen) atoms. The molecule has 1 saturated heterocycles. The van der Waals surface area contributed by atoms with E-state index in [1.165, 1.54) is 6.33 Å². The van der Waals surface area contributed by atoms with E-state index < -0.39 is 0 Å². The van der Waals surface area contributed by atoms with E-state index in [0.717, 1.165) is 6.54 Å². The average molecular weight is 223 g/mol. The molecule has 2 atom stereocenters. The van der Waals surface area contributed by atoms with Gasteiger partial charge in [0.25, 0.3) is 0 Å². The molecular weight excluding hydrogens is 206 g/mol. The Kier molecular flexibility index (Phi) is 3.19. The highest BCUT2D eigenvalue weighted by Gasteiger charge is 2.29. The van der Waals surface area contributed by atoms with Crippen molar-refractivity contribution in [3.05, 3.63) is 12.7 Å². The Morgan fingerprint density at radius 1 is 1.56 bits per heavy atom. The Morgan fingerprint density at radius 3 is 2.94 bits per heavy atom. The van der Waals surface area contributed by atoms with Crippen molar-refractivity contribution in [1.29, 1.82) is 0 Å². The first kappa shape index (κ1) is 11.1. The van der Waals surface area contributed by atoms with Crippen LogP contribution in [0.2, 0.25) is 0 Å². The Bertz CT molecular complexity index is 340. The summed E-state index contributed by atoms with van der Waals surface area (Å²) in [4.78, 5) is 17.5. The SMILES string of the molecule is CC1CN(C(=O)CCn2cncn2)CC1N. The summed E-state index contributed by atoms with van der Waals surface area (Å²) < 4.78 is 1.66. The van der Waals surface area contributed by atoms with Gasteiger partial charge < -0.3 is 10.6 Å². The van der Waals surface area contributed by atoms with Crippen LogP contribution < -0.4 is 5.73 Å². The first-order valence-electron chi connectivity index (χ1n) is 5.52. The Labute approximate surface area is 94.4 Å². The fourth-order valence-corrected chi connectivity index (χ4v) is 1.91. The fourth-order valence-electron chi connectivity index (χ4n) is 1.91. The van der Waals surface area contributed by atoms with Gasteiger partial charge in [-0.2, -0.15) is 5.10 Å². The number of amides is 1. The predicted octanol–water partition coefficient (Wildman–Crippen LogP) is -0.526. The zero-order valence-corrected chi connectivity index (χ0v) is 9.41. The number of likely N-dealkylation sites (tertiary alicyclic amines) is 1. The van der Waals surface area contributed by atoms with Gasteiger partial charge >= 0.3 is 0 Å². The van der Waals surface area contributed by atoms with Gasteiger partial charge in [0.1, 0.15) is 12.7 Å². The third kappa shape index (κ3) is 2.38. The minimum Gasteiger partial charge on any atom is -0.341 e. The molecular formula is C10H17N5O. The second-order valence-electron chi connectivity index (χ2n) is 4.35. The van der Waals surface area contributed by atoms with E-state index in [2.05, 4.69) is 17.0 Å². The zero-order valence-electron chi connectivity index (χ0n) is 9.41. The molecule has 1 aromatic rings. The molecule has 0 saturated carbocycles. The third-order valence-electron chi connectivity index (χ3n) is 3.04. The van der Waals surface area contributed by atoms with Crippen molar-refractivity contribution < 1.29 is 4.79 Å². The highest BCUT2D eigenvalue weighted by molar-refractivity contribution is 5.76. The number of aryl methyl sites for hydroxylation is 1. The molecule has 2 heterocycles. The Hall–Kier alpha value is -1.43. The molecule has 2 unspecified atom stereocenters. The van der Waals surface area contributed by atoms with Crippen LogP contribution in [0.15, 0.2) is 12.7 Å². The van der Waals surface area contributed by atoms with E-state index in [9.17, 15) is 4.79 Å². The van der Waals surface area contributed by atoms with Crippen molar-refractivity contribution in [2.45, 2.75) is 25.9 Å². The van der Waals surface area contributed by atoms with Crippen molar-refractivity contribution in [2.75, 3.05) is 13.1 Å². The van der Waals surface area contributed by atoms with Gasteiger partial charge in [-0.1, -0.05) is 6.92 Å². The number of nitrogens with zero attached hydrogens (tertiary/aromatic N) is 4. The lowest BCUT2D eigenvalue weighted by Gasteiger charge is -2.15. The van der Waals surface area contributed by atoms with Crippen LogP contribution in [0.3, 0.4) is 0 Å². The summed E-state index contributed by atoms with van der Waals surface area (Å²) in [5.74, 6) is 0.547. The van der Waals surface area contributed by atoms with E-state index in [-0.39, 0.29) is 11.9 Å². The maximum absolute atomic E-state index is 11.8. The van der Waals surface area contributed by atoms with Gasteiger partial charge in [-0.05, 0) is 5.92 Å². The number of hydrogen-bond acceptors (Lipinski definition) is 4. The van der Waals surface area contributed by atoms with Gasteiger partial charge in [-0.15, -0.1) is 0 Å². The van der Waals surface area contributed by atoms with E-state index in [1.807, 2.05) is 4.90 Å². The van der Waals surface area contributed by atoms with Crippen LogP contribution in [0.25, 0.3) is 0 Å². The van der Waals surface area contributed by atoms with Crippen molar-refractivity contribution in [3.63, 3.8) is 0 Å². The topological polar surface area (TPSA) is 77.0 Å². The molecule has 1 amide bonds. The molecule has 1 aliphatic rings. The summed E-state index contributed by atoms with van der Waals surface area (Å²) in [6.07, 6.45) is 3.55. The van der Waals surface area contributed by atoms with Crippen LogP contribution in [0.5, 0.6) is 0 Å². The number of rotatable bonds is 3. The van der Waals surface area contributed by atoms with Gasteiger partial charge in [0, 0.05) is 25.6 Å². The molecule has 1 fully saturated rings. The van der Waals surface area contributed by atoms with Gasteiger partial charge in [0.15, 0.2) is 0 Å². The van der Waals surface area contributed by atoms with Crippen LogP contribution in [-0.2, 0) is 11.3 Å². The van der Waals surface area contributed by atoms with Crippen LogP contribution in [0, 0.1) is 5.92 Å². The maximum Gasteiger partial charge on any atom is 0.224 e. The second kappa shape index (κ2) is 4.61. The molecule has 88 valence electrons. The number of nitrogens with two attached hydrogens (primary N) is 1. The maximum atomic E-state index is 11.8. The normalized spacial score (nSPS) is 25.0. The largest absolute Gasteiger partial charge is 0.341 e. The molecule has 0 radical (unpaired) electrons. The summed E-state index contributed by atoms with van der Waals surface area (Å²) in [7, 11) is 0. The van der Waals surface area contributed by atoms with Crippen molar-refractivity contribution in [3.8, 4) is 0 Å². The summed E-state index contributed by atoms with van der Waals surface area (Å²) in [5.41, 5.74) is 5.88. The average Bonchev–Trinajstić information content (AvgIpc) is 2.86. The monoisotopic (exact) mass is 223 g/mol. The quantitative estimate of drug-likeness (QED) is 0.747. The number of carbonyl (C=O) groups excluding carboxylic acids is 1. The molecule has 0 spiro atoms. The standard InChI is InChI=1S/C10H17N5O/c1-8-4-14(5-9(8)11)10(16)2-3-15-7-12-6-13-15/h6-9H,2-5,11H2,1H3. The zero-order chi connectivity index (χ0) is 11.5. The molecule has 1 aliphatic heterocycles. The summed E-state index contributed by atoms with van der Waals surface area (Å²) in [6.45, 7) is 4.11. The molecule has 2 rings (SSSR count). The third-order valence-corrected chi connectivity index (χ3v) is 3.04. The molecule has 6 nitrogen and oxygen atoms in total. The summed E-state index contributed by atoms with van der Waals surface area (Å²) in [6, 6.07) is 0.121. The van der Waals surface area contributed by atoms with Gasteiger partial charge in [-0.25, -0.2) is 4.98 Å². The van der Waals surface area contributed by atoms with Crippen molar-refractivity contribution in [1.82, 2.24) is 19.7 Å². The molecule has 6 heteroatoms. The molecule has 0 aliphatic carbocycles. The van der Waals surface area contributed by atoms with E-state index >= 15 is 0 Å². The summed E-state index contributed by atoms with van der Waals surface area (Å²) in [5, 5.41) is 3.95. The van der Waals surface area contributed by atoms with Gasteiger partial charge in [0.2, 0.25) is 5.91 Å². The Morgan fingerprint density at radius 2 is 2.38 bits per heavy atom. The highest BCUT2D eigenvalue weighted by Crippen LogP contribution is 2.15. The van der Waals surface area contributed by atoms with Crippen LogP contribution >= 0.6 is 0 Å². The lowest BCUT2D eigenvalue weighted by Crippen LogP contribution is -2.32. The minimum absolute atomic E-state index is 0.121. The van der Waals surface area contributed by atoms with E-state index in [0.29, 0.717) is 25.4 Å². The van der Waals surface area contributed by atoms with Crippen molar-refractivity contribution in [2.24, 2.45) is 11.7 Å². The molecule has 2 N–H and O–H groups in total. The molecule has 0 bridgehead atoms. The Balaban J connectivity index is 1.80. The summed E-state index contributed by atoms with van der Waals surface area (Å²) >= 11 is 0. The van der Waals surface area contributed by atoms with Gasteiger partial charge in [0.05, 0.1) is 6.54 Å². The molecule has 0 aromatic carbocycles. The second-order valence-corrected chi connectivity index (χ2v) is 4.35. The number of hydrogen-bond donors (Lipinski definition) is 1. The van der Waals surface area contributed by atoms with E-state index in [1.54, 1.807) is 11.0 Å². The fraction of sp³-hybridized carbons (Fsp3) is 0.700. The van der Waals surface area contributed by atoms with Crippen LogP contribution in [-0.4, -0.2) is 44.7 Å². The first-order chi connectivity index (χ1) is 7.66. The number of aromatic nitrogens is 3. The number of carbonyl (C=O) groups is 1. The van der Waals surface area contributed by atoms with Gasteiger partial charge in [-0.3, -0.25) is 9.48 Å². The van der Waals surface area contributed by atoms with Crippen LogP contribution in [0.4, 0.5) is 0 Å². The van der Waals surface area contributed by atoms with Crippen molar-refractivity contribution >= 4 is 5.91 Å². The first-order valence-corrected chi connectivity index (χ1v) is 5.52. The highest BCUT2D eigenvalue weighted by atomic mass is 16.2. The predicted molar refractivity (Wildman–Crippen MR) is 58.4 cm³/mol. The van der Waals surface area contributed by atoms with E-state index in [4.69, 9.17) is 5.73 Å². The van der Waals surface area contributed by atoms with Crippen LogP contribution in [0.1, 0.15) is 13.3 Å². The minimum atomic E-state index is 0.121. The smallest absolute Gasteiger partial charge is 0.224 e. The lowest BCUT2D eigenvalue weighted by molar-refractivity contribution is -0.130. The molecule has 1 aromatic heterocycles. The lowest BCUT2D eigenvalue weighted by atomic mass is 10.1.